The predicted octanol–water partition coefficient (Wildman–Crippen LogP) is 3.69. The van der Waals surface area contributed by atoms with Crippen molar-refractivity contribution in [2.24, 2.45) is 0 Å². The number of carbonyl (C=O) groups excluding carboxylic acids is 1. The smallest absolute Gasteiger partial charge is 0.410 e. The molecule has 24 heavy (non-hydrogen) atoms. The Morgan fingerprint density at radius 3 is 2.04 bits per heavy atom. The van der Waals surface area contributed by atoms with Crippen LogP contribution in [0.2, 0.25) is 0 Å². The maximum Gasteiger partial charge on any atom is 0.410 e. The number of hydrogen-bond acceptors (Lipinski definition) is 3. The molecule has 2 aromatic carbocycles. The molecule has 0 heterocycles. The van der Waals surface area contributed by atoms with Gasteiger partial charge in [0.1, 0.15) is 0 Å². The van der Waals surface area contributed by atoms with Crippen molar-refractivity contribution >= 4 is 12.1 Å². The van der Waals surface area contributed by atoms with Gasteiger partial charge in [0.15, 0.2) is 0 Å². The third kappa shape index (κ3) is 2.62. The largest absolute Gasteiger partial charge is 0.481 e. The van der Waals surface area contributed by atoms with Crippen molar-refractivity contribution in [2.45, 2.75) is 25.4 Å². The van der Waals surface area contributed by atoms with Gasteiger partial charge in [-0.3, -0.25) is 9.69 Å². The first-order valence-corrected chi connectivity index (χ1v) is 7.81. The summed E-state index contributed by atoms with van der Waals surface area (Å²) in [7, 11) is 1.32. The minimum absolute atomic E-state index is 0.143. The van der Waals surface area contributed by atoms with Crippen LogP contribution in [0.1, 0.15) is 30.5 Å². The van der Waals surface area contributed by atoms with E-state index in [0.29, 0.717) is 0 Å². The summed E-state index contributed by atoms with van der Waals surface area (Å²) in [6, 6.07) is 14.9. The van der Waals surface area contributed by atoms with Crippen LogP contribution in [0.4, 0.5) is 4.79 Å². The van der Waals surface area contributed by atoms with Crippen LogP contribution in [0.25, 0.3) is 11.1 Å². The quantitative estimate of drug-likeness (QED) is 0.931. The van der Waals surface area contributed by atoms with E-state index in [2.05, 4.69) is 0 Å². The van der Waals surface area contributed by atoms with Gasteiger partial charge in [-0.15, -0.1) is 0 Å². The van der Waals surface area contributed by atoms with E-state index in [1.54, 1.807) is 6.92 Å². The van der Waals surface area contributed by atoms with Crippen LogP contribution in [0, 0.1) is 0 Å². The highest BCUT2D eigenvalue weighted by molar-refractivity contribution is 5.81. The minimum atomic E-state index is -0.948. The molecule has 1 N–H and O–H groups in total. The van der Waals surface area contributed by atoms with Crippen LogP contribution in [-0.2, 0) is 9.53 Å². The van der Waals surface area contributed by atoms with E-state index in [1.165, 1.54) is 12.0 Å². The molecule has 5 nitrogen and oxygen atoms in total. The fourth-order valence-electron chi connectivity index (χ4n) is 3.42. The highest BCUT2D eigenvalue weighted by Crippen LogP contribution is 2.47. The van der Waals surface area contributed by atoms with Crippen molar-refractivity contribution in [1.29, 1.82) is 0 Å². The third-order valence-electron chi connectivity index (χ3n) is 4.41. The summed E-state index contributed by atoms with van der Waals surface area (Å²) in [5.74, 6) is -0.948. The van der Waals surface area contributed by atoms with Gasteiger partial charge in [0, 0.05) is 6.04 Å². The SMILES string of the molecule is COC(=O)N(C(C)CC(=O)O)C1c2ccccc2-c2ccccc21. The molecule has 0 aliphatic heterocycles. The molecule has 0 saturated heterocycles. The number of nitrogens with zero attached hydrogens (tertiary/aromatic N) is 1. The molecule has 1 unspecified atom stereocenters. The van der Waals surface area contributed by atoms with Crippen LogP contribution in [0.3, 0.4) is 0 Å². The van der Waals surface area contributed by atoms with E-state index in [0.717, 1.165) is 22.3 Å². The van der Waals surface area contributed by atoms with Gasteiger partial charge in [-0.05, 0) is 29.2 Å². The number of amides is 1. The van der Waals surface area contributed by atoms with Gasteiger partial charge in [-0.1, -0.05) is 48.5 Å². The first-order valence-electron chi connectivity index (χ1n) is 7.81. The molecule has 1 aliphatic rings. The lowest BCUT2D eigenvalue weighted by molar-refractivity contribution is -0.138. The summed E-state index contributed by atoms with van der Waals surface area (Å²) in [4.78, 5) is 25.1. The number of rotatable bonds is 4. The highest BCUT2D eigenvalue weighted by atomic mass is 16.5. The summed E-state index contributed by atoms with van der Waals surface area (Å²) < 4.78 is 4.95. The summed E-state index contributed by atoms with van der Waals surface area (Å²) >= 11 is 0. The molecule has 0 spiro atoms. The summed E-state index contributed by atoms with van der Waals surface area (Å²) in [6.07, 6.45) is -0.670. The second-order valence-corrected chi connectivity index (χ2v) is 5.90. The predicted molar refractivity (Wildman–Crippen MR) is 89.7 cm³/mol. The molecule has 0 bridgehead atoms. The standard InChI is InChI=1S/C19H19NO4/c1-12(11-17(21)22)20(19(23)24-2)18-15-9-5-3-7-13(15)14-8-4-6-10-16(14)18/h3-10,12,18H,11H2,1-2H3,(H,21,22). The average molecular weight is 325 g/mol. The van der Waals surface area contributed by atoms with E-state index in [4.69, 9.17) is 9.84 Å². The molecule has 3 rings (SSSR count). The first-order chi connectivity index (χ1) is 11.5. The van der Waals surface area contributed by atoms with E-state index >= 15 is 0 Å². The van der Waals surface area contributed by atoms with Crippen molar-refractivity contribution in [2.75, 3.05) is 7.11 Å². The Hall–Kier alpha value is -2.82. The average Bonchev–Trinajstić information content (AvgIpc) is 2.89. The molecule has 124 valence electrons. The Kier molecular flexibility index (Phi) is 4.25. The van der Waals surface area contributed by atoms with Crippen LogP contribution in [-0.4, -0.2) is 35.2 Å². The maximum absolute atomic E-state index is 12.5. The lowest BCUT2D eigenvalue weighted by Crippen LogP contribution is -2.42. The van der Waals surface area contributed by atoms with Crippen LogP contribution in [0.5, 0.6) is 0 Å². The monoisotopic (exact) mass is 325 g/mol. The Morgan fingerprint density at radius 2 is 1.58 bits per heavy atom. The van der Waals surface area contributed by atoms with Gasteiger partial charge in [-0.2, -0.15) is 0 Å². The number of carbonyl (C=O) groups is 2. The molecule has 0 fully saturated rings. The Balaban J connectivity index is 2.13. The van der Waals surface area contributed by atoms with E-state index < -0.39 is 18.1 Å². The normalized spacial score (nSPS) is 13.8. The molecule has 1 amide bonds. The molecule has 2 aromatic rings. The van der Waals surface area contributed by atoms with E-state index in [-0.39, 0.29) is 12.5 Å². The number of carboxylic acid groups (broad SMARTS) is 1. The summed E-state index contributed by atoms with van der Waals surface area (Å²) in [5.41, 5.74) is 4.10. The maximum atomic E-state index is 12.5. The number of hydrogen-bond donors (Lipinski definition) is 1. The van der Waals surface area contributed by atoms with Crippen LogP contribution >= 0.6 is 0 Å². The van der Waals surface area contributed by atoms with Crippen molar-refractivity contribution in [3.8, 4) is 11.1 Å². The number of benzene rings is 2. The second-order valence-electron chi connectivity index (χ2n) is 5.90. The first kappa shape index (κ1) is 16.1. The zero-order valence-electron chi connectivity index (χ0n) is 13.6. The van der Waals surface area contributed by atoms with Gasteiger partial charge in [-0.25, -0.2) is 4.79 Å². The second kappa shape index (κ2) is 6.35. The fourth-order valence-corrected chi connectivity index (χ4v) is 3.42. The number of methoxy groups -OCH3 is 1. The Morgan fingerprint density at radius 1 is 1.08 bits per heavy atom. The third-order valence-corrected chi connectivity index (χ3v) is 4.41. The zero-order chi connectivity index (χ0) is 17.3. The lowest BCUT2D eigenvalue weighted by atomic mass is 10.0. The van der Waals surface area contributed by atoms with Gasteiger partial charge < -0.3 is 9.84 Å². The molecule has 0 aromatic heterocycles. The lowest BCUT2D eigenvalue weighted by Gasteiger charge is -2.33. The fraction of sp³-hybridized carbons (Fsp3) is 0.263. The van der Waals surface area contributed by atoms with Crippen molar-refractivity contribution in [3.05, 3.63) is 59.7 Å². The zero-order valence-corrected chi connectivity index (χ0v) is 13.6. The van der Waals surface area contributed by atoms with Gasteiger partial charge in [0.05, 0.1) is 19.6 Å². The number of fused-ring (bicyclic) bond motifs is 3. The molecule has 0 radical (unpaired) electrons. The molecule has 1 aliphatic carbocycles. The molecule has 1 atom stereocenters. The van der Waals surface area contributed by atoms with Crippen molar-refractivity contribution < 1.29 is 19.4 Å². The van der Waals surface area contributed by atoms with Gasteiger partial charge in [0.2, 0.25) is 0 Å². The van der Waals surface area contributed by atoms with Crippen LogP contribution < -0.4 is 0 Å². The highest BCUT2D eigenvalue weighted by Gasteiger charge is 2.38. The summed E-state index contributed by atoms with van der Waals surface area (Å²) in [5, 5.41) is 9.14. The Bertz CT molecular complexity index is 741. The van der Waals surface area contributed by atoms with Crippen molar-refractivity contribution in [3.63, 3.8) is 0 Å². The van der Waals surface area contributed by atoms with Gasteiger partial charge >= 0.3 is 12.1 Å². The van der Waals surface area contributed by atoms with E-state index in [1.807, 2.05) is 48.5 Å². The Labute approximate surface area is 140 Å². The molecular weight excluding hydrogens is 306 g/mol. The van der Waals surface area contributed by atoms with Gasteiger partial charge in [0.25, 0.3) is 0 Å². The van der Waals surface area contributed by atoms with Crippen LogP contribution in [0.15, 0.2) is 48.5 Å². The van der Waals surface area contributed by atoms with E-state index in [9.17, 15) is 9.59 Å². The molecular formula is C19H19NO4. The molecule has 0 saturated carbocycles. The number of ether oxygens (including phenoxy) is 1. The number of aliphatic carboxylic acids is 1. The summed E-state index contributed by atoms with van der Waals surface area (Å²) in [6.45, 7) is 1.73. The van der Waals surface area contributed by atoms with Crippen molar-refractivity contribution in [1.82, 2.24) is 4.90 Å². The number of carboxylic acids is 1. The molecule has 5 heteroatoms. The minimum Gasteiger partial charge on any atom is -0.481 e. The topological polar surface area (TPSA) is 66.8 Å².